The van der Waals surface area contributed by atoms with Gasteiger partial charge in [-0.15, -0.1) is 0 Å². The lowest BCUT2D eigenvalue weighted by Crippen LogP contribution is -2.05. The van der Waals surface area contributed by atoms with E-state index in [0.29, 0.717) is 17.1 Å². The average Bonchev–Trinajstić information content (AvgIpc) is 2.51. The van der Waals surface area contributed by atoms with Crippen LogP contribution in [0.3, 0.4) is 0 Å². The quantitative estimate of drug-likeness (QED) is 0.834. The van der Waals surface area contributed by atoms with Gasteiger partial charge in [-0.2, -0.15) is 0 Å². The number of hydrogen-bond acceptors (Lipinski definition) is 3. The molecule has 22 heavy (non-hydrogen) atoms. The molecule has 0 aliphatic heterocycles. The number of carbonyl (C=O) groups excluding carboxylic acids is 1. The molecule has 2 aromatic rings. The van der Waals surface area contributed by atoms with E-state index in [0.717, 1.165) is 5.56 Å². The van der Waals surface area contributed by atoms with Gasteiger partial charge in [0.25, 0.3) is 0 Å². The van der Waals surface area contributed by atoms with Gasteiger partial charge in [-0.3, -0.25) is 4.79 Å². The summed E-state index contributed by atoms with van der Waals surface area (Å²) in [5.41, 5.74) is 6.52. The van der Waals surface area contributed by atoms with Crippen molar-refractivity contribution in [3.8, 4) is 11.5 Å². The monoisotopic (exact) mass is 301 g/mol. The molecule has 2 N–H and O–H groups in total. The van der Waals surface area contributed by atoms with Crippen LogP contribution in [0.2, 0.25) is 0 Å². The summed E-state index contributed by atoms with van der Waals surface area (Å²) in [5, 5.41) is 0. The minimum Gasteiger partial charge on any atom is -0.493 e. The Bertz CT molecular complexity index is 698. The van der Waals surface area contributed by atoms with Crippen LogP contribution in [0.1, 0.15) is 11.1 Å². The maximum absolute atomic E-state index is 13.1. The van der Waals surface area contributed by atoms with Gasteiger partial charge in [0.15, 0.2) is 11.5 Å². The lowest BCUT2D eigenvalue weighted by Gasteiger charge is -2.11. The Kier molecular flexibility index (Phi) is 5.14. The van der Waals surface area contributed by atoms with Crippen LogP contribution in [0.25, 0.3) is 6.08 Å². The Hall–Kier alpha value is -2.82. The summed E-state index contributed by atoms with van der Waals surface area (Å²) in [4.78, 5) is 10.8. The van der Waals surface area contributed by atoms with E-state index < -0.39 is 5.91 Å². The molecule has 0 saturated carbocycles. The van der Waals surface area contributed by atoms with Crippen LogP contribution >= 0.6 is 0 Å². The molecule has 2 rings (SSSR count). The van der Waals surface area contributed by atoms with E-state index in [9.17, 15) is 9.18 Å². The topological polar surface area (TPSA) is 61.5 Å². The van der Waals surface area contributed by atoms with Crippen molar-refractivity contribution in [2.45, 2.75) is 6.61 Å². The summed E-state index contributed by atoms with van der Waals surface area (Å²) in [5.74, 6) is 0.204. The molecule has 4 nitrogen and oxygen atoms in total. The maximum Gasteiger partial charge on any atom is 0.241 e. The predicted molar refractivity (Wildman–Crippen MR) is 82.0 cm³/mol. The zero-order valence-electron chi connectivity index (χ0n) is 12.1. The standard InChI is InChI=1S/C17H16FNO3/c1-21-15-7-5-12(6-8-17(19)20)10-16(15)22-11-13-3-2-4-14(18)9-13/h2-10H,11H2,1H3,(H2,19,20)/b8-6-. The van der Waals surface area contributed by atoms with Gasteiger partial charge in [0.1, 0.15) is 12.4 Å². The Morgan fingerprint density at radius 3 is 2.73 bits per heavy atom. The van der Waals surface area contributed by atoms with E-state index in [1.54, 1.807) is 36.4 Å². The Balaban J connectivity index is 2.17. The van der Waals surface area contributed by atoms with Crippen LogP contribution in [-0.4, -0.2) is 13.0 Å². The van der Waals surface area contributed by atoms with Crippen molar-refractivity contribution in [1.82, 2.24) is 0 Å². The lowest BCUT2D eigenvalue weighted by molar-refractivity contribution is -0.113. The largest absolute Gasteiger partial charge is 0.493 e. The molecule has 2 aromatic carbocycles. The van der Waals surface area contributed by atoms with Gasteiger partial charge in [0.05, 0.1) is 7.11 Å². The number of amides is 1. The number of rotatable bonds is 6. The van der Waals surface area contributed by atoms with Crippen molar-refractivity contribution in [2.24, 2.45) is 5.73 Å². The SMILES string of the molecule is COc1ccc(/C=C\C(N)=O)cc1OCc1cccc(F)c1. The van der Waals surface area contributed by atoms with Crippen LogP contribution in [-0.2, 0) is 11.4 Å². The molecule has 0 bridgehead atoms. The van der Waals surface area contributed by atoms with Crippen molar-refractivity contribution in [2.75, 3.05) is 7.11 Å². The van der Waals surface area contributed by atoms with Gasteiger partial charge in [0.2, 0.25) is 5.91 Å². The third-order valence-corrected chi connectivity index (χ3v) is 2.91. The van der Waals surface area contributed by atoms with E-state index in [2.05, 4.69) is 0 Å². The molecule has 0 unspecified atom stereocenters. The van der Waals surface area contributed by atoms with Gasteiger partial charge in [0, 0.05) is 6.08 Å². The summed E-state index contributed by atoms with van der Waals surface area (Å²) in [6, 6.07) is 11.4. The Labute approximate surface area is 128 Å². The fraction of sp³-hybridized carbons (Fsp3) is 0.118. The first-order chi connectivity index (χ1) is 10.6. The zero-order chi connectivity index (χ0) is 15.9. The van der Waals surface area contributed by atoms with E-state index in [4.69, 9.17) is 15.2 Å². The van der Waals surface area contributed by atoms with E-state index in [1.807, 2.05) is 0 Å². The first kappa shape index (κ1) is 15.6. The highest BCUT2D eigenvalue weighted by Gasteiger charge is 2.06. The van der Waals surface area contributed by atoms with Crippen LogP contribution in [0.5, 0.6) is 11.5 Å². The number of ether oxygens (including phenoxy) is 2. The summed E-state index contributed by atoms with van der Waals surface area (Å²) in [7, 11) is 1.53. The van der Waals surface area contributed by atoms with Crippen molar-refractivity contribution in [3.05, 3.63) is 65.5 Å². The van der Waals surface area contributed by atoms with Gasteiger partial charge in [-0.1, -0.05) is 18.2 Å². The second-order valence-corrected chi connectivity index (χ2v) is 4.56. The highest BCUT2D eigenvalue weighted by Crippen LogP contribution is 2.29. The molecule has 0 aliphatic rings. The molecule has 114 valence electrons. The molecule has 0 heterocycles. The zero-order valence-corrected chi connectivity index (χ0v) is 12.1. The predicted octanol–water partition coefficient (Wildman–Crippen LogP) is 2.91. The number of benzene rings is 2. The molecule has 0 aromatic heterocycles. The normalized spacial score (nSPS) is 10.6. The number of carbonyl (C=O) groups is 1. The number of methoxy groups -OCH3 is 1. The molecular weight excluding hydrogens is 285 g/mol. The second kappa shape index (κ2) is 7.26. The number of primary amides is 1. The van der Waals surface area contributed by atoms with Crippen LogP contribution < -0.4 is 15.2 Å². The number of hydrogen-bond donors (Lipinski definition) is 1. The lowest BCUT2D eigenvalue weighted by atomic mass is 10.2. The maximum atomic E-state index is 13.1. The molecule has 5 heteroatoms. The van der Waals surface area contributed by atoms with Crippen LogP contribution in [0.4, 0.5) is 4.39 Å². The highest BCUT2D eigenvalue weighted by molar-refractivity contribution is 5.90. The van der Waals surface area contributed by atoms with Gasteiger partial charge >= 0.3 is 0 Å². The Morgan fingerprint density at radius 2 is 2.05 bits per heavy atom. The molecule has 0 spiro atoms. The summed E-state index contributed by atoms with van der Waals surface area (Å²) >= 11 is 0. The molecule has 1 amide bonds. The van der Waals surface area contributed by atoms with Crippen molar-refractivity contribution < 1.29 is 18.7 Å². The molecule has 0 radical (unpaired) electrons. The van der Waals surface area contributed by atoms with Gasteiger partial charge < -0.3 is 15.2 Å². The third kappa shape index (κ3) is 4.34. The van der Waals surface area contributed by atoms with Crippen molar-refractivity contribution >= 4 is 12.0 Å². The van der Waals surface area contributed by atoms with E-state index in [1.165, 1.54) is 25.3 Å². The first-order valence-electron chi connectivity index (χ1n) is 6.61. The van der Waals surface area contributed by atoms with Gasteiger partial charge in [-0.25, -0.2) is 4.39 Å². The number of halogens is 1. The fourth-order valence-corrected chi connectivity index (χ4v) is 1.88. The molecule has 0 aliphatic carbocycles. The fourth-order valence-electron chi connectivity index (χ4n) is 1.88. The van der Waals surface area contributed by atoms with Crippen molar-refractivity contribution in [3.63, 3.8) is 0 Å². The Morgan fingerprint density at radius 1 is 1.23 bits per heavy atom. The van der Waals surface area contributed by atoms with Gasteiger partial charge in [-0.05, 0) is 41.5 Å². The molecule has 0 saturated heterocycles. The molecular formula is C17H16FNO3. The third-order valence-electron chi connectivity index (χ3n) is 2.91. The van der Waals surface area contributed by atoms with E-state index in [-0.39, 0.29) is 12.4 Å². The molecule has 0 fully saturated rings. The minimum absolute atomic E-state index is 0.205. The molecule has 0 atom stereocenters. The van der Waals surface area contributed by atoms with Crippen molar-refractivity contribution in [1.29, 1.82) is 0 Å². The summed E-state index contributed by atoms with van der Waals surface area (Å²) in [6.07, 6.45) is 2.84. The van der Waals surface area contributed by atoms with Crippen LogP contribution in [0, 0.1) is 5.82 Å². The highest BCUT2D eigenvalue weighted by atomic mass is 19.1. The number of nitrogens with two attached hydrogens (primary N) is 1. The summed E-state index contributed by atoms with van der Waals surface area (Å²) < 4.78 is 24.0. The van der Waals surface area contributed by atoms with E-state index >= 15 is 0 Å². The smallest absolute Gasteiger partial charge is 0.241 e. The summed E-state index contributed by atoms with van der Waals surface area (Å²) in [6.45, 7) is 0.205. The second-order valence-electron chi connectivity index (χ2n) is 4.56. The first-order valence-corrected chi connectivity index (χ1v) is 6.61. The minimum atomic E-state index is -0.530. The van der Waals surface area contributed by atoms with Crippen LogP contribution in [0.15, 0.2) is 48.5 Å². The average molecular weight is 301 g/mol.